The van der Waals surface area contributed by atoms with Gasteiger partial charge in [-0.3, -0.25) is 5.43 Å². The molecule has 0 spiro atoms. The fourth-order valence-corrected chi connectivity index (χ4v) is 5.28. The van der Waals surface area contributed by atoms with Gasteiger partial charge in [-0.2, -0.15) is 18.3 Å². The minimum atomic E-state index is -4.39. The zero-order valence-corrected chi connectivity index (χ0v) is 16.9. The second kappa shape index (κ2) is 8.54. The lowest BCUT2D eigenvalue weighted by Gasteiger charge is -2.16. The van der Waals surface area contributed by atoms with Crippen LogP contribution in [0.5, 0.6) is 0 Å². The number of hydrogen-bond acceptors (Lipinski definition) is 6. The number of nitrogens with zero attached hydrogens (tertiary/aromatic N) is 3. The molecule has 2 aromatic heterocycles. The van der Waals surface area contributed by atoms with Crippen molar-refractivity contribution >= 4 is 45.3 Å². The smallest absolute Gasteiger partial charge is 0.261 e. The summed E-state index contributed by atoms with van der Waals surface area (Å²) in [5.74, 6) is 0.269. The number of halogens is 3. The maximum Gasteiger partial charge on any atom is 0.417 e. The SMILES string of the molecule is FC(F)(F)c1ccc(N/N=C\C2=C(Sc3nc4ccccc4s3)CCCC2)nc1. The van der Waals surface area contributed by atoms with E-state index in [-0.39, 0.29) is 5.82 Å². The van der Waals surface area contributed by atoms with Crippen LogP contribution in [0.1, 0.15) is 31.2 Å². The predicted octanol–water partition coefficient (Wildman–Crippen LogP) is 6.73. The van der Waals surface area contributed by atoms with E-state index in [9.17, 15) is 13.2 Å². The molecule has 4 nitrogen and oxygen atoms in total. The van der Waals surface area contributed by atoms with E-state index in [2.05, 4.69) is 26.6 Å². The minimum Gasteiger partial charge on any atom is -0.261 e. The van der Waals surface area contributed by atoms with E-state index in [4.69, 9.17) is 0 Å². The Balaban J connectivity index is 1.46. The van der Waals surface area contributed by atoms with Crippen LogP contribution < -0.4 is 5.43 Å². The van der Waals surface area contributed by atoms with Gasteiger partial charge in [0.25, 0.3) is 0 Å². The molecule has 0 unspecified atom stereocenters. The number of rotatable bonds is 5. The molecule has 0 atom stereocenters. The molecule has 0 amide bonds. The number of aromatic nitrogens is 2. The molecule has 1 aromatic carbocycles. The summed E-state index contributed by atoms with van der Waals surface area (Å²) in [6, 6.07) is 10.3. The number of hydrazone groups is 1. The number of thiazole rings is 1. The third-order valence-electron chi connectivity index (χ3n) is 4.43. The van der Waals surface area contributed by atoms with Crippen LogP contribution in [0.25, 0.3) is 10.2 Å². The zero-order chi connectivity index (χ0) is 20.3. The Morgan fingerprint density at radius 1 is 1.10 bits per heavy atom. The average molecular weight is 435 g/mol. The summed E-state index contributed by atoms with van der Waals surface area (Å²) in [5, 5.41) is 4.18. The van der Waals surface area contributed by atoms with Gasteiger partial charge < -0.3 is 0 Å². The second-order valence-electron chi connectivity index (χ2n) is 6.50. The number of allylic oxidation sites excluding steroid dienone is 2. The molecule has 2 heterocycles. The van der Waals surface area contributed by atoms with E-state index in [1.54, 1.807) is 29.3 Å². The molecule has 0 saturated carbocycles. The normalized spacial score (nSPS) is 15.4. The van der Waals surface area contributed by atoms with E-state index in [0.717, 1.165) is 58.1 Å². The standard InChI is InChI=1S/C20H17F3N4S2/c21-20(22,23)14-9-10-18(24-12-14)27-25-11-13-5-1-3-7-16(13)28-19-26-15-6-2-4-8-17(15)29-19/h2,4,6,8-12H,1,3,5,7H2,(H,24,27)/b25-11-. The molecule has 9 heteroatoms. The summed E-state index contributed by atoms with van der Waals surface area (Å²) < 4.78 is 40.0. The second-order valence-corrected chi connectivity index (χ2v) is 8.88. The Bertz CT molecular complexity index is 1020. The first-order valence-corrected chi connectivity index (χ1v) is 10.7. The topological polar surface area (TPSA) is 50.2 Å². The van der Waals surface area contributed by atoms with Crippen LogP contribution in [0, 0.1) is 0 Å². The Kier molecular flexibility index (Phi) is 5.86. The number of anilines is 1. The first kappa shape index (κ1) is 19.9. The number of hydrogen-bond donors (Lipinski definition) is 1. The van der Waals surface area contributed by atoms with Gasteiger partial charge in [0.15, 0.2) is 4.34 Å². The van der Waals surface area contributed by atoms with Crippen LogP contribution in [-0.4, -0.2) is 16.2 Å². The first-order chi connectivity index (χ1) is 14.0. The third-order valence-corrected chi connectivity index (χ3v) is 6.74. The van der Waals surface area contributed by atoms with E-state index in [1.807, 2.05) is 18.2 Å². The molecule has 29 heavy (non-hydrogen) atoms. The Labute approximate surface area is 174 Å². The van der Waals surface area contributed by atoms with Crippen LogP contribution in [0.2, 0.25) is 0 Å². The van der Waals surface area contributed by atoms with Crippen molar-refractivity contribution in [3.05, 3.63) is 58.6 Å². The molecule has 1 aliphatic rings. The first-order valence-electron chi connectivity index (χ1n) is 9.07. The highest BCUT2D eigenvalue weighted by atomic mass is 32.2. The summed E-state index contributed by atoms with van der Waals surface area (Å²) in [7, 11) is 0. The van der Waals surface area contributed by atoms with Gasteiger partial charge in [0, 0.05) is 6.20 Å². The van der Waals surface area contributed by atoms with E-state index >= 15 is 0 Å². The molecule has 0 aliphatic heterocycles. The van der Waals surface area contributed by atoms with Crippen molar-refractivity contribution in [1.29, 1.82) is 0 Å². The fourth-order valence-electron chi connectivity index (χ4n) is 2.96. The molecule has 0 bridgehead atoms. The van der Waals surface area contributed by atoms with Gasteiger partial charge in [-0.1, -0.05) is 23.9 Å². The molecule has 0 saturated heterocycles. The molecule has 1 N–H and O–H groups in total. The molecular formula is C20H17F3N4S2. The van der Waals surface area contributed by atoms with Crippen molar-refractivity contribution in [3.8, 4) is 0 Å². The van der Waals surface area contributed by atoms with Crippen molar-refractivity contribution in [2.45, 2.75) is 36.2 Å². The monoisotopic (exact) mass is 434 g/mol. The van der Waals surface area contributed by atoms with Gasteiger partial charge >= 0.3 is 6.18 Å². The van der Waals surface area contributed by atoms with Gasteiger partial charge in [0.2, 0.25) is 0 Å². The van der Waals surface area contributed by atoms with Crippen molar-refractivity contribution in [2.75, 3.05) is 5.43 Å². The van der Waals surface area contributed by atoms with Crippen molar-refractivity contribution in [1.82, 2.24) is 9.97 Å². The van der Waals surface area contributed by atoms with Crippen LogP contribution in [0.4, 0.5) is 19.0 Å². The Hall–Kier alpha value is -2.39. The summed E-state index contributed by atoms with van der Waals surface area (Å²) in [6.45, 7) is 0. The van der Waals surface area contributed by atoms with Gasteiger partial charge in [-0.15, -0.1) is 11.3 Å². The number of pyridine rings is 1. The molecular weight excluding hydrogens is 417 g/mol. The summed E-state index contributed by atoms with van der Waals surface area (Å²) in [5.41, 5.74) is 4.06. The van der Waals surface area contributed by atoms with E-state index in [1.165, 1.54) is 11.0 Å². The van der Waals surface area contributed by atoms with E-state index < -0.39 is 11.7 Å². The number of thioether (sulfide) groups is 1. The molecule has 4 rings (SSSR count). The Morgan fingerprint density at radius 2 is 1.93 bits per heavy atom. The lowest BCUT2D eigenvalue weighted by Crippen LogP contribution is -2.06. The zero-order valence-electron chi connectivity index (χ0n) is 15.2. The molecule has 3 aromatic rings. The van der Waals surface area contributed by atoms with Gasteiger partial charge in [-0.05, 0) is 60.4 Å². The summed E-state index contributed by atoms with van der Waals surface area (Å²) >= 11 is 3.35. The Morgan fingerprint density at radius 3 is 2.69 bits per heavy atom. The maximum atomic E-state index is 12.6. The summed E-state index contributed by atoms with van der Waals surface area (Å²) in [4.78, 5) is 9.68. The predicted molar refractivity (Wildman–Crippen MR) is 112 cm³/mol. The number of benzene rings is 1. The maximum absolute atomic E-state index is 12.6. The summed E-state index contributed by atoms with van der Waals surface area (Å²) in [6.07, 6.45) is 2.25. The van der Waals surface area contributed by atoms with Crippen LogP contribution in [-0.2, 0) is 6.18 Å². The van der Waals surface area contributed by atoms with Crippen molar-refractivity contribution in [3.63, 3.8) is 0 Å². The third kappa shape index (κ3) is 4.97. The lowest BCUT2D eigenvalue weighted by molar-refractivity contribution is -0.137. The van der Waals surface area contributed by atoms with Crippen molar-refractivity contribution < 1.29 is 13.2 Å². The molecule has 150 valence electrons. The largest absolute Gasteiger partial charge is 0.417 e. The van der Waals surface area contributed by atoms with Crippen LogP contribution in [0.3, 0.4) is 0 Å². The number of alkyl halides is 3. The van der Waals surface area contributed by atoms with Crippen molar-refractivity contribution in [2.24, 2.45) is 5.10 Å². The van der Waals surface area contributed by atoms with Crippen LogP contribution in [0.15, 0.2) is 62.5 Å². The highest BCUT2D eigenvalue weighted by Crippen LogP contribution is 2.40. The molecule has 0 fully saturated rings. The van der Waals surface area contributed by atoms with Gasteiger partial charge in [-0.25, -0.2) is 9.97 Å². The fraction of sp³-hybridized carbons (Fsp3) is 0.250. The van der Waals surface area contributed by atoms with Crippen LogP contribution >= 0.6 is 23.1 Å². The minimum absolute atomic E-state index is 0.269. The number of para-hydroxylation sites is 1. The lowest BCUT2D eigenvalue weighted by atomic mass is 10.0. The number of fused-ring (bicyclic) bond motifs is 1. The molecule has 0 radical (unpaired) electrons. The quantitative estimate of drug-likeness (QED) is 0.357. The average Bonchev–Trinajstić information content (AvgIpc) is 3.11. The highest BCUT2D eigenvalue weighted by Gasteiger charge is 2.30. The molecule has 1 aliphatic carbocycles. The van der Waals surface area contributed by atoms with Gasteiger partial charge in [0.1, 0.15) is 5.82 Å². The number of nitrogens with one attached hydrogen (secondary N) is 1. The van der Waals surface area contributed by atoms with Gasteiger partial charge in [0.05, 0.1) is 22.0 Å². The van der Waals surface area contributed by atoms with E-state index in [0.29, 0.717) is 0 Å². The highest BCUT2D eigenvalue weighted by molar-refractivity contribution is 8.04.